The Bertz CT molecular complexity index is 999. The summed E-state index contributed by atoms with van der Waals surface area (Å²) in [6.07, 6.45) is 0. The first-order valence-electron chi connectivity index (χ1n) is 8.10. The van der Waals surface area contributed by atoms with E-state index in [1.807, 2.05) is 0 Å². The third-order valence-corrected chi connectivity index (χ3v) is 5.11. The molecule has 0 saturated heterocycles. The number of aromatic nitrogens is 3. The molecule has 0 unspecified atom stereocenters. The Labute approximate surface area is 158 Å². The molecule has 2 heterocycles. The summed E-state index contributed by atoms with van der Waals surface area (Å²) in [4.78, 5) is 25.9. The van der Waals surface area contributed by atoms with E-state index in [0.29, 0.717) is 33.4 Å². The number of fused-ring (bicyclic) bond motifs is 1. The fraction of sp³-hybridized carbons (Fsp3) is 0.111. The molecule has 7 nitrogen and oxygen atoms in total. The lowest BCUT2D eigenvalue weighted by molar-refractivity contribution is 0.0664. The highest BCUT2D eigenvalue weighted by molar-refractivity contribution is 7.99. The number of thioether (sulfide) groups is 1. The fourth-order valence-corrected chi connectivity index (χ4v) is 3.62. The first kappa shape index (κ1) is 17.2. The SMILES string of the molecule is Nn1c(SCCN2C(=O)c3ccccc3C2=O)nnc1-c1ccc(F)cc1. The van der Waals surface area contributed by atoms with E-state index in [2.05, 4.69) is 10.2 Å². The van der Waals surface area contributed by atoms with Gasteiger partial charge in [-0.15, -0.1) is 10.2 Å². The first-order valence-corrected chi connectivity index (χ1v) is 9.09. The highest BCUT2D eigenvalue weighted by Gasteiger charge is 2.34. The molecule has 0 spiro atoms. The Hall–Kier alpha value is -3.20. The van der Waals surface area contributed by atoms with Crippen LogP contribution in [0.1, 0.15) is 20.7 Å². The van der Waals surface area contributed by atoms with Gasteiger partial charge in [-0.05, 0) is 36.4 Å². The molecule has 2 N–H and O–H groups in total. The van der Waals surface area contributed by atoms with Crippen LogP contribution in [0.3, 0.4) is 0 Å². The summed E-state index contributed by atoms with van der Waals surface area (Å²) >= 11 is 1.28. The number of amides is 2. The van der Waals surface area contributed by atoms with Crippen LogP contribution in [0.2, 0.25) is 0 Å². The van der Waals surface area contributed by atoms with Crippen LogP contribution in [-0.4, -0.2) is 43.9 Å². The third kappa shape index (κ3) is 3.06. The molecule has 9 heteroatoms. The molecule has 0 bridgehead atoms. The molecule has 0 fully saturated rings. The zero-order valence-electron chi connectivity index (χ0n) is 14.0. The van der Waals surface area contributed by atoms with Gasteiger partial charge in [0, 0.05) is 17.9 Å². The second-order valence-corrected chi connectivity index (χ2v) is 6.90. The number of nitrogens with two attached hydrogens (primary N) is 1. The highest BCUT2D eigenvalue weighted by atomic mass is 32.2. The molecular formula is C18H14FN5O2S. The maximum Gasteiger partial charge on any atom is 0.261 e. The number of rotatable bonds is 5. The van der Waals surface area contributed by atoms with Gasteiger partial charge in [-0.25, -0.2) is 9.07 Å². The number of halogens is 1. The van der Waals surface area contributed by atoms with Gasteiger partial charge in [-0.2, -0.15) is 0 Å². The number of imide groups is 1. The van der Waals surface area contributed by atoms with E-state index in [-0.39, 0.29) is 24.2 Å². The Morgan fingerprint density at radius 2 is 1.59 bits per heavy atom. The number of nitrogen functional groups attached to an aromatic ring is 1. The summed E-state index contributed by atoms with van der Waals surface area (Å²) in [5.74, 6) is 5.90. The first-order chi connectivity index (χ1) is 13.1. The summed E-state index contributed by atoms with van der Waals surface area (Å²) in [6.45, 7) is 0.232. The highest BCUT2D eigenvalue weighted by Crippen LogP contribution is 2.25. The van der Waals surface area contributed by atoms with E-state index in [1.165, 1.54) is 33.5 Å². The maximum absolute atomic E-state index is 13.0. The standard InChI is InChI=1S/C18H14FN5O2S/c19-12-7-5-11(6-8-12)15-21-22-18(24(15)20)27-10-9-23-16(25)13-3-1-2-4-14(13)17(23)26/h1-8H,9-10,20H2. The van der Waals surface area contributed by atoms with Crippen molar-refractivity contribution in [2.45, 2.75) is 5.16 Å². The van der Waals surface area contributed by atoms with Crippen LogP contribution in [0.5, 0.6) is 0 Å². The summed E-state index contributed by atoms with van der Waals surface area (Å²) in [5, 5.41) is 8.49. The van der Waals surface area contributed by atoms with Crippen molar-refractivity contribution < 1.29 is 14.0 Å². The minimum absolute atomic E-state index is 0.232. The molecule has 1 aliphatic heterocycles. The average Bonchev–Trinajstić information content (AvgIpc) is 3.16. The van der Waals surface area contributed by atoms with Crippen molar-refractivity contribution in [2.24, 2.45) is 0 Å². The van der Waals surface area contributed by atoms with Crippen LogP contribution in [0, 0.1) is 5.82 Å². The monoisotopic (exact) mass is 383 g/mol. The second kappa shape index (κ2) is 6.84. The van der Waals surface area contributed by atoms with Crippen molar-refractivity contribution in [2.75, 3.05) is 18.1 Å². The van der Waals surface area contributed by atoms with Gasteiger partial charge in [0.1, 0.15) is 5.82 Å². The Balaban J connectivity index is 1.43. The van der Waals surface area contributed by atoms with Gasteiger partial charge >= 0.3 is 0 Å². The number of carbonyl (C=O) groups is 2. The molecule has 0 aliphatic carbocycles. The van der Waals surface area contributed by atoms with Crippen LogP contribution in [0.4, 0.5) is 4.39 Å². The Morgan fingerprint density at radius 3 is 2.22 bits per heavy atom. The summed E-state index contributed by atoms with van der Waals surface area (Å²) in [7, 11) is 0. The number of nitrogens with zero attached hydrogens (tertiary/aromatic N) is 4. The van der Waals surface area contributed by atoms with Crippen molar-refractivity contribution >= 4 is 23.6 Å². The minimum atomic E-state index is -0.350. The fourth-order valence-electron chi connectivity index (χ4n) is 2.84. The van der Waals surface area contributed by atoms with E-state index >= 15 is 0 Å². The number of carbonyl (C=O) groups excluding carboxylic acids is 2. The summed E-state index contributed by atoms with van der Waals surface area (Å²) in [6, 6.07) is 12.5. The normalized spacial score (nSPS) is 13.3. The third-order valence-electron chi connectivity index (χ3n) is 4.19. The van der Waals surface area contributed by atoms with Crippen molar-refractivity contribution in [3.8, 4) is 11.4 Å². The van der Waals surface area contributed by atoms with E-state index < -0.39 is 0 Å². The smallest absolute Gasteiger partial charge is 0.261 e. The topological polar surface area (TPSA) is 94.1 Å². The zero-order chi connectivity index (χ0) is 19.0. The van der Waals surface area contributed by atoms with Gasteiger partial charge in [0.15, 0.2) is 5.82 Å². The van der Waals surface area contributed by atoms with Crippen molar-refractivity contribution in [1.29, 1.82) is 0 Å². The lowest BCUT2D eigenvalue weighted by Crippen LogP contribution is -2.32. The number of hydrogen-bond donors (Lipinski definition) is 1. The molecule has 1 aromatic heterocycles. The Kier molecular flexibility index (Phi) is 4.36. The van der Waals surface area contributed by atoms with Gasteiger partial charge in [0.2, 0.25) is 5.16 Å². The minimum Gasteiger partial charge on any atom is -0.335 e. The molecule has 2 aromatic carbocycles. The lowest BCUT2D eigenvalue weighted by Gasteiger charge is -2.12. The summed E-state index contributed by atoms with van der Waals surface area (Å²) < 4.78 is 14.4. The van der Waals surface area contributed by atoms with Crippen LogP contribution in [-0.2, 0) is 0 Å². The largest absolute Gasteiger partial charge is 0.335 e. The summed E-state index contributed by atoms with van der Waals surface area (Å²) in [5.41, 5.74) is 1.49. The maximum atomic E-state index is 13.0. The molecule has 0 atom stereocenters. The van der Waals surface area contributed by atoms with E-state index in [0.717, 1.165) is 0 Å². The van der Waals surface area contributed by atoms with E-state index in [4.69, 9.17) is 5.84 Å². The van der Waals surface area contributed by atoms with Gasteiger partial charge in [-0.3, -0.25) is 14.5 Å². The molecule has 0 saturated carbocycles. The van der Waals surface area contributed by atoms with Gasteiger partial charge in [-0.1, -0.05) is 23.9 Å². The predicted molar refractivity (Wildman–Crippen MR) is 98.1 cm³/mol. The molecule has 136 valence electrons. The number of benzene rings is 2. The second-order valence-electron chi connectivity index (χ2n) is 5.84. The predicted octanol–water partition coefficient (Wildman–Crippen LogP) is 2.19. The quantitative estimate of drug-likeness (QED) is 0.412. The molecule has 0 radical (unpaired) electrons. The average molecular weight is 383 g/mol. The van der Waals surface area contributed by atoms with Crippen molar-refractivity contribution in [1.82, 2.24) is 19.8 Å². The van der Waals surface area contributed by atoms with Gasteiger partial charge in [0.25, 0.3) is 11.8 Å². The van der Waals surface area contributed by atoms with E-state index in [1.54, 1.807) is 36.4 Å². The van der Waals surface area contributed by atoms with Crippen LogP contribution < -0.4 is 5.84 Å². The molecule has 4 rings (SSSR count). The van der Waals surface area contributed by atoms with E-state index in [9.17, 15) is 14.0 Å². The molecule has 1 aliphatic rings. The van der Waals surface area contributed by atoms with Crippen LogP contribution in [0.15, 0.2) is 53.7 Å². The van der Waals surface area contributed by atoms with Crippen molar-refractivity contribution in [3.63, 3.8) is 0 Å². The lowest BCUT2D eigenvalue weighted by atomic mass is 10.1. The molecule has 3 aromatic rings. The zero-order valence-corrected chi connectivity index (χ0v) is 14.8. The van der Waals surface area contributed by atoms with Crippen LogP contribution in [0.25, 0.3) is 11.4 Å². The molecule has 27 heavy (non-hydrogen) atoms. The Morgan fingerprint density at radius 1 is 0.963 bits per heavy atom. The van der Waals surface area contributed by atoms with Crippen LogP contribution >= 0.6 is 11.8 Å². The number of hydrogen-bond acceptors (Lipinski definition) is 6. The van der Waals surface area contributed by atoms with Gasteiger partial charge in [0.05, 0.1) is 11.1 Å². The molecule has 2 amide bonds. The van der Waals surface area contributed by atoms with Gasteiger partial charge < -0.3 is 5.84 Å². The van der Waals surface area contributed by atoms with Crippen molar-refractivity contribution in [3.05, 3.63) is 65.5 Å². The molecular weight excluding hydrogens is 369 g/mol.